The molecular formula is C42H35N. The van der Waals surface area contributed by atoms with Gasteiger partial charge in [-0.25, -0.2) is 0 Å². The first-order valence-electron chi connectivity index (χ1n) is 15.6. The van der Waals surface area contributed by atoms with Gasteiger partial charge in [0.25, 0.3) is 0 Å². The molecule has 208 valence electrons. The van der Waals surface area contributed by atoms with Crippen molar-refractivity contribution in [3.63, 3.8) is 0 Å². The largest absolute Gasteiger partial charge is 0.309 e. The summed E-state index contributed by atoms with van der Waals surface area (Å²) in [7, 11) is 0. The molecule has 1 aromatic heterocycles. The zero-order valence-electron chi connectivity index (χ0n) is 25.1. The van der Waals surface area contributed by atoms with Gasteiger partial charge < -0.3 is 4.57 Å². The molecule has 0 bridgehead atoms. The smallest absolute Gasteiger partial charge is 0.0582 e. The first-order valence-corrected chi connectivity index (χ1v) is 15.6. The van der Waals surface area contributed by atoms with Gasteiger partial charge in [-0.05, 0) is 105 Å². The summed E-state index contributed by atoms with van der Waals surface area (Å²) in [6, 6.07) is 45.5. The van der Waals surface area contributed by atoms with Crippen molar-refractivity contribution >= 4 is 21.8 Å². The Labute approximate surface area is 254 Å². The van der Waals surface area contributed by atoms with Crippen LogP contribution in [0, 0.1) is 6.92 Å². The van der Waals surface area contributed by atoms with E-state index >= 15 is 0 Å². The van der Waals surface area contributed by atoms with Crippen molar-refractivity contribution in [1.82, 2.24) is 4.57 Å². The summed E-state index contributed by atoms with van der Waals surface area (Å²) in [6.45, 7) is 6.72. The molecule has 1 nitrogen and oxygen atoms in total. The SMILES string of the molecule is CCc1cc(-c2ccccc2)cc(-c2cccc3c2Cc2c-3ccc3c4ccccc4n(-c4cc(C)cc(CC)c4)c23)c1. The van der Waals surface area contributed by atoms with E-state index in [2.05, 4.69) is 147 Å². The molecule has 7 aromatic rings. The molecule has 0 unspecified atom stereocenters. The van der Waals surface area contributed by atoms with E-state index in [-0.39, 0.29) is 0 Å². The third-order valence-electron chi connectivity index (χ3n) is 9.37. The molecule has 1 aliphatic carbocycles. The van der Waals surface area contributed by atoms with Crippen molar-refractivity contribution in [3.8, 4) is 39.1 Å². The molecule has 0 radical (unpaired) electrons. The van der Waals surface area contributed by atoms with Gasteiger partial charge in [0.2, 0.25) is 0 Å². The molecule has 0 atom stereocenters. The molecule has 0 fully saturated rings. The molecule has 1 heterocycles. The third-order valence-corrected chi connectivity index (χ3v) is 9.37. The number of benzene rings is 6. The van der Waals surface area contributed by atoms with Crippen LogP contribution in [0.1, 0.15) is 41.7 Å². The Morgan fingerprint density at radius 2 is 1.26 bits per heavy atom. The van der Waals surface area contributed by atoms with Gasteiger partial charge >= 0.3 is 0 Å². The summed E-state index contributed by atoms with van der Waals surface area (Å²) in [5.41, 5.74) is 18.8. The lowest BCUT2D eigenvalue weighted by Crippen LogP contribution is -1.99. The molecule has 0 spiro atoms. The molecule has 1 aliphatic rings. The minimum Gasteiger partial charge on any atom is -0.309 e. The normalized spacial score (nSPS) is 12.2. The number of aryl methyl sites for hydroxylation is 3. The molecule has 1 heteroatoms. The summed E-state index contributed by atoms with van der Waals surface area (Å²) < 4.78 is 2.53. The van der Waals surface area contributed by atoms with Crippen LogP contribution in [0.25, 0.3) is 60.9 Å². The fourth-order valence-corrected chi connectivity index (χ4v) is 7.32. The lowest BCUT2D eigenvalue weighted by Gasteiger charge is -2.14. The van der Waals surface area contributed by atoms with Crippen LogP contribution in [0.4, 0.5) is 0 Å². The van der Waals surface area contributed by atoms with Gasteiger partial charge in [-0.1, -0.05) is 111 Å². The molecule has 0 aliphatic heterocycles. The lowest BCUT2D eigenvalue weighted by molar-refractivity contribution is 1.09. The summed E-state index contributed by atoms with van der Waals surface area (Å²) in [5.74, 6) is 0. The summed E-state index contributed by atoms with van der Waals surface area (Å²) in [4.78, 5) is 0. The van der Waals surface area contributed by atoms with Crippen molar-refractivity contribution in [1.29, 1.82) is 0 Å². The highest BCUT2D eigenvalue weighted by Gasteiger charge is 2.27. The number of hydrogen-bond donors (Lipinski definition) is 0. The Hall–Kier alpha value is -4.88. The Balaban J connectivity index is 1.36. The predicted molar refractivity (Wildman–Crippen MR) is 183 cm³/mol. The molecule has 0 saturated carbocycles. The number of aromatic nitrogens is 1. The molecule has 0 saturated heterocycles. The van der Waals surface area contributed by atoms with Crippen molar-refractivity contribution < 1.29 is 0 Å². The average molecular weight is 554 g/mol. The highest BCUT2D eigenvalue weighted by molar-refractivity contribution is 6.12. The Kier molecular flexibility index (Phi) is 6.08. The number of para-hydroxylation sites is 1. The van der Waals surface area contributed by atoms with Crippen molar-refractivity contribution in [2.24, 2.45) is 0 Å². The first-order chi connectivity index (χ1) is 21.1. The Bertz CT molecular complexity index is 2180. The summed E-state index contributed by atoms with van der Waals surface area (Å²) in [5, 5.41) is 2.65. The van der Waals surface area contributed by atoms with Crippen molar-refractivity contribution in [2.45, 2.75) is 40.0 Å². The van der Waals surface area contributed by atoms with Gasteiger partial charge in [-0.3, -0.25) is 0 Å². The van der Waals surface area contributed by atoms with Gasteiger partial charge in [-0.2, -0.15) is 0 Å². The second-order valence-electron chi connectivity index (χ2n) is 12.0. The van der Waals surface area contributed by atoms with Crippen LogP contribution in [0.5, 0.6) is 0 Å². The monoisotopic (exact) mass is 553 g/mol. The van der Waals surface area contributed by atoms with Gasteiger partial charge in [0.15, 0.2) is 0 Å². The van der Waals surface area contributed by atoms with Crippen LogP contribution < -0.4 is 0 Å². The minimum absolute atomic E-state index is 0.929. The maximum absolute atomic E-state index is 2.53. The molecule has 8 rings (SSSR count). The van der Waals surface area contributed by atoms with E-state index < -0.39 is 0 Å². The maximum atomic E-state index is 2.53. The van der Waals surface area contributed by atoms with Gasteiger partial charge in [0.1, 0.15) is 0 Å². The highest BCUT2D eigenvalue weighted by atomic mass is 15.0. The predicted octanol–water partition coefficient (Wildman–Crippen LogP) is 11.1. The van der Waals surface area contributed by atoms with E-state index in [0.717, 1.165) is 19.3 Å². The van der Waals surface area contributed by atoms with Crippen molar-refractivity contribution in [2.75, 3.05) is 0 Å². The highest BCUT2D eigenvalue weighted by Crippen LogP contribution is 2.47. The zero-order chi connectivity index (χ0) is 29.1. The first kappa shape index (κ1) is 25.8. The van der Waals surface area contributed by atoms with E-state index in [4.69, 9.17) is 0 Å². The second kappa shape index (κ2) is 10.1. The number of nitrogens with zero attached hydrogens (tertiary/aromatic N) is 1. The Morgan fingerprint density at radius 3 is 2.09 bits per heavy atom. The Morgan fingerprint density at radius 1 is 0.535 bits per heavy atom. The quantitative estimate of drug-likeness (QED) is 0.200. The van der Waals surface area contributed by atoms with E-state index in [1.54, 1.807) is 0 Å². The standard InChI is InChI=1S/C42H35N/c1-4-28-20-27(3)21-33(24-28)43-41-17-10-9-14-37(41)38-19-18-36-35-16-11-15-34(39(35)26-40(36)42(38)43)32-23-29(5-2)22-31(25-32)30-12-7-6-8-13-30/h6-25H,4-5,26H2,1-3H3. The summed E-state index contributed by atoms with van der Waals surface area (Å²) >= 11 is 0. The summed E-state index contributed by atoms with van der Waals surface area (Å²) in [6.07, 6.45) is 2.97. The van der Waals surface area contributed by atoms with E-state index in [9.17, 15) is 0 Å². The van der Waals surface area contributed by atoms with E-state index in [0.29, 0.717) is 0 Å². The van der Waals surface area contributed by atoms with Gasteiger partial charge in [0.05, 0.1) is 11.0 Å². The van der Waals surface area contributed by atoms with Crippen LogP contribution in [0.3, 0.4) is 0 Å². The maximum Gasteiger partial charge on any atom is 0.0582 e. The van der Waals surface area contributed by atoms with E-state index in [1.807, 2.05) is 0 Å². The minimum atomic E-state index is 0.929. The van der Waals surface area contributed by atoms with Crippen LogP contribution in [-0.2, 0) is 19.3 Å². The second-order valence-corrected chi connectivity index (χ2v) is 12.0. The number of fused-ring (bicyclic) bond motifs is 7. The molecule has 0 amide bonds. The third kappa shape index (κ3) is 4.14. The van der Waals surface area contributed by atoms with Crippen LogP contribution in [0.15, 0.2) is 121 Å². The van der Waals surface area contributed by atoms with E-state index in [1.165, 1.54) is 88.7 Å². The van der Waals surface area contributed by atoms with Gasteiger partial charge in [0, 0.05) is 22.9 Å². The van der Waals surface area contributed by atoms with Crippen molar-refractivity contribution in [3.05, 3.63) is 149 Å². The average Bonchev–Trinajstić information content (AvgIpc) is 3.60. The zero-order valence-corrected chi connectivity index (χ0v) is 25.1. The fraction of sp³-hybridized carbons (Fsp3) is 0.143. The lowest BCUT2D eigenvalue weighted by atomic mass is 9.91. The van der Waals surface area contributed by atoms with Crippen LogP contribution >= 0.6 is 0 Å². The molecular weight excluding hydrogens is 518 g/mol. The van der Waals surface area contributed by atoms with Crippen LogP contribution in [0.2, 0.25) is 0 Å². The number of hydrogen-bond acceptors (Lipinski definition) is 0. The van der Waals surface area contributed by atoms with Crippen LogP contribution in [-0.4, -0.2) is 4.57 Å². The molecule has 0 N–H and O–H groups in total. The molecule has 43 heavy (non-hydrogen) atoms. The fourth-order valence-electron chi connectivity index (χ4n) is 7.32. The molecule has 6 aromatic carbocycles. The topological polar surface area (TPSA) is 4.93 Å². The van der Waals surface area contributed by atoms with Gasteiger partial charge in [-0.15, -0.1) is 0 Å². The number of rotatable bonds is 5.